The molecule has 0 bridgehead atoms. The third kappa shape index (κ3) is 5.68. The topological polar surface area (TPSA) is 73.1 Å². The summed E-state index contributed by atoms with van der Waals surface area (Å²) in [6.45, 7) is 2.54. The molecule has 0 spiro atoms. The lowest BCUT2D eigenvalue weighted by molar-refractivity contribution is 0.0929. The Bertz CT molecular complexity index is 1350. The van der Waals surface area contributed by atoms with E-state index in [-0.39, 0.29) is 34.0 Å². The summed E-state index contributed by atoms with van der Waals surface area (Å²) in [5.41, 5.74) is 4.15. The SMILES string of the molecule is CCOc1ccc2oc(C(=O)N/N=C/c3cc(Cl)c(OCc4cccc(F)c4)c(Cl)c3)cc2c1. The number of hydrazone groups is 1. The van der Waals surface area contributed by atoms with E-state index in [0.717, 1.165) is 5.39 Å². The quantitative estimate of drug-likeness (QED) is 0.218. The normalized spacial score (nSPS) is 11.2. The molecule has 0 radical (unpaired) electrons. The largest absolute Gasteiger partial charge is 0.494 e. The lowest BCUT2D eigenvalue weighted by Gasteiger charge is -2.11. The number of benzene rings is 3. The summed E-state index contributed by atoms with van der Waals surface area (Å²) in [5.74, 6) is 0.195. The molecular formula is C25H19Cl2FN2O4. The first kappa shape index (κ1) is 23.6. The number of rotatable bonds is 8. The molecule has 3 aromatic carbocycles. The number of hydrogen-bond donors (Lipinski definition) is 1. The van der Waals surface area contributed by atoms with Crippen molar-refractivity contribution in [1.29, 1.82) is 0 Å². The Labute approximate surface area is 204 Å². The predicted molar refractivity (Wildman–Crippen MR) is 130 cm³/mol. The van der Waals surface area contributed by atoms with Crippen LogP contribution in [0, 0.1) is 5.82 Å². The summed E-state index contributed by atoms with van der Waals surface area (Å²) in [4.78, 5) is 12.4. The summed E-state index contributed by atoms with van der Waals surface area (Å²) >= 11 is 12.6. The van der Waals surface area contributed by atoms with Crippen LogP contribution in [-0.2, 0) is 6.61 Å². The van der Waals surface area contributed by atoms with Crippen molar-refractivity contribution in [2.24, 2.45) is 5.10 Å². The van der Waals surface area contributed by atoms with Gasteiger partial charge in [0.2, 0.25) is 0 Å². The van der Waals surface area contributed by atoms with Gasteiger partial charge in [-0.25, -0.2) is 9.82 Å². The van der Waals surface area contributed by atoms with Gasteiger partial charge in [0.15, 0.2) is 11.5 Å². The van der Waals surface area contributed by atoms with Gasteiger partial charge in [-0.3, -0.25) is 4.79 Å². The maximum absolute atomic E-state index is 13.3. The molecule has 174 valence electrons. The maximum Gasteiger partial charge on any atom is 0.307 e. The zero-order valence-corrected chi connectivity index (χ0v) is 19.5. The van der Waals surface area contributed by atoms with Crippen molar-refractivity contribution >= 4 is 46.3 Å². The molecule has 6 nitrogen and oxygen atoms in total. The monoisotopic (exact) mass is 500 g/mol. The minimum absolute atomic E-state index is 0.101. The molecule has 0 fully saturated rings. The highest BCUT2D eigenvalue weighted by Crippen LogP contribution is 2.34. The predicted octanol–water partition coefficient (Wildman–Crippen LogP) is 6.62. The van der Waals surface area contributed by atoms with Gasteiger partial charge < -0.3 is 13.9 Å². The summed E-state index contributed by atoms with van der Waals surface area (Å²) in [6, 6.07) is 16.1. The number of furan rings is 1. The second-order valence-corrected chi connectivity index (χ2v) is 7.99. The molecule has 0 aliphatic heterocycles. The van der Waals surface area contributed by atoms with Crippen LogP contribution in [0.1, 0.15) is 28.6 Å². The third-order valence-corrected chi connectivity index (χ3v) is 5.26. The van der Waals surface area contributed by atoms with Gasteiger partial charge in [-0.05, 0) is 66.6 Å². The van der Waals surface area contributed by atoms with Crippen LogP contribution < -0.4 is 14.9 Å². The molecule has 1 amide bonds. The Kier molecular flexibility index (Phi) is 7.35. The Balaban J connectivity index is 1.40. The molecule has 0 unspecified atom stereocenters. The molecule has 0 atom stereocenters. The van der Waals surface area contributed by atoms with Gasteiger partial charge in [0.25, 0.3) is 0 Å². The first-order chi connectivity index (χ1) is 16.4. The van der Waals surface area contributed by atoms with E-state index < -0.39 is 5.91 Å². The van der Waals surface area contributed by atoms with Crippen LogP contribution in [0.25, 0.3) is 11.0 Å². The number of fused-ring (bicyclic) bond motifs is 1. The number of carbonyl (C=O) groups is 1. The molecule has 9 heteroatoms. The van der Waals surface area contributed by atoms with Crippen LogP contribution in [0.5, 0.6) is 11.5 Å². The van der Waals surface area contributed by atoms with Crippen molar-refractivity contribution in [3.8, 4) is 11.5 Å². The van der Waals surface area contributed by atoms with Crippen LogP contribution in [0.2, 0.25) is 10.0 Å². The molecule has 0 aliphatic rings. The fourth-order valence-corrected chi connectivity index (χ4v) is 3.80. The zero-order chi connectivity index (χ0) is 24.1. The highest BCUT2D eigenvalue weighted by molar-refractivity contribution is 6.37. The van der Waals surface area contributed by atoms with Gasteiger partial charge in [0.05, 0.1) is 22.9 Å². The lowest BCUT2D eigenvalue weighted by atomic mass is 10.2. The van der Waals surface area contributed by atoms with E-state index in [1.54, 1.807) is 48.5 Å². The van der Waals surface area contributed by atoms with Crippen molar-refractivity contribution in [2.45, 2.75) is 13.5 Å². The van der Waals surface area contributed by atoms with Crippen molar-refractivity contribution < 1.29 is 23.1 Å². The minimum Gasteiger partial charge on any atom is -0.494 e. The summed E-state index contributed by atoms with van der Waals surface area (Å²) < 4.78 is 30.0. The Morgan fingerprint density at radius 2 is 1.88 bits per heavy atom. The van der Waals surface area contributed by atoms with Crippen molar-refractivity contribution in [2.75, 3.05) is 6.61 Å². The van der Waals surface area contributed by atoms with Crippen LogP contribution in [0.3, 0.4) is 0 Å². The lowest BCUT2D eigenvalue weighted by Crippen LogP contribution is -2.16. The highest BCUT2D eigenvalue weighted by Gasteiger charge is 2.13. The van der Waals surface area contributed by atoms with Crippen LogP contribution in [-0.4, -0.2) is 18.7 Å². The first-order valence-electron chi connectivity index (χ1n) is 10.3. The van der Waals surface area contributed by atoms with E-state index in [1.165, 1.54) is 18.3 Å². The fourth-order valence-electron chi connectivity index (χ4n) is 3.18. The molecule has 0 aliphatic carbocycles. The van der Waals surface area contributed by atoms with Crippen molar-refractivity contribution in [3.63, 3.8) is 0 Å². The summed E-state index contributed by atoms with van der Waals surface area (Å²) in [5, 5.41) is 5.18. The number of carbonyl (C=O) groups excluding carboxylic acids is 1. The van der Waals surface area contributed by atoms with E-state index in [0.29, 0.717) is 29.1 Å². The second kappa shape index (κ2) is 10.6. The number of hydrogen-bond acceptors (Lipinski definition) is 5. The van der Waals surface area contributed by atoms with Crippen molar-refractivity contribution in [1.82, 2.24) is 5.43 Å². The van der Waals surface area contributed by atoms with E-state index in [1.807, 2.05) is 6.92 Å². The number of nitrogens with one attached hydrogen (secondary N) is 1. The van der Waals surface area contributed by atoms with Gasteiger partial charge in [0.1, 0.15) is 23.8 Å². The molecule has 0 saturated heterocycles. The summed E-state index contributed by atoms with van der Waals surface area (Å²) in [6.07, 6.45) is 1.39. The molecule has 1 heterocycles. The Morgan fingerprint density at radius 3 is 2.62 bits per heavy atom. The van der Waals surface area contributed by atoms with Gasteiger partial charge in [-0.1, -0.05) is 35.3 Å². The van der Waals surface area contributed by atoms with E-state index in [9.17, 15) is 9.18 Å². The van der Waals surface area contributed by atoms with Gasteiger partial charge in [-0.15, -0.1) is 0 Å². The van der Waals surface area contributed by atoms with Gasteiger partial charge in [0, 0.05) is 5.39 Å². The number of nitrogens with zero attached hydrogens (tertiary/aromatic N) is 1. The van der Waals surface area contributed by atoms with Gasteiger partial charge in [-0.2, -0.15) is 5.10 Å². The Morgan fingerprint density at radius 1 is 1.09 bits per heavy atom. The molecule has 4 rings (SSSR count). The van der Waals surface area contributed by atoms with E-state index in [2.05, 4.69) is 10.5 Å². The average Bonchev–Trinajstić information content (AvgIpc) is 3.22. The highest BCUT2D eigenvalue weighted by atomic mass is 35.5. The van der Waals surface area contributed by atoms with Crippen LogP contribution in [0.4, 0.5) is 4.39 Å². The van der Waals surface area contributed by atoms with E-state index >= 15 is 0 Å². The number of amides is 1. The Hall–Kier alpha value is -3.55. The smallest absolute Gasteiger partial charge is 0.307 e. The van der Waals surface area contributed by atoms with Crippen LogP contribution in [0.15, 0.2) is 70.2 Å². The zero-order valence-electron chi connectivity index (χ0n) is 18.0. The molecule has 1 aromatic heterocycles. The third-order valence-electron chi connectivity index (χ3n) is 4.70. The number of ether oxygens (including phenoxy) is 2. The molecule has 1 N–H and O–H groups in total. The molecule has 34 heavy (non-hydrogen) atoms. The van der Waals surface area contributed by atoms with Crippen molar-refractivity contribution in [3.05, 3.63) is 93.4 Å². The van der Waals surface area contributed by atoms with Crippen LogP contribution >= 0.6 is 23.2 Å². The van der Waals surface area contributed by atoms with E-state index in [4.69, 9.17) is 37.1 Å². The molecular weight excluding hydrogens is 482 g/mol. The molecule has 0 saturated carbocycles. The standard InChI is InChI=1S/C25H19Cl2FN2O4/c1-2-32-19-6-7-22-17(11-19)12-23(34-22)25(31)30-29-13-16-9-20(26)24(21(27)10-16)33-14-15-4-3-5-18(28)8-15/h3-13H,2,14H2,1H3,(H,30,31)/b29-13+. The maximum atomic E-state index is 13.3. The summed E-state index contributed by atoms with van der Waals surface area (Å²) in [7, 11) is 0. The molecule has 4 aromatic rings. The number of halogens is 3. The second-order valence-electron chi connectivity index (χ2n) is 7.17. The first-order valence-corrected chi connectivity index (χ1v) is 11.0. The average molecular weight is 501 g/mol. The van der Waals surface area contributed by atoms with Gasteiger partial charge >= 0.3 is 5.91 Å². The minimum atomic E-state index is -0.516. The fraction of sp³-hybridized carbons (Fsp3) is 0.120.